The SMILES string of the molecule is CC(C)c1ccccc1-c1ncc2c(n1)N(Cc1ccc(-n3cc(-c4ccccc4)nn3)cc1)C(=O)C2.CC(C)c1ccccc1-c1ncc2c(n1)N(Cc1ccc(-n3cc(C(C)(C)N)nn3)cc1)C(=O)C2.CC(C)c1ccccc1-c1ncc2c(n1)N(Cc1ccc(-n3cc(CN(C)C)nn3)cc1)C(=O)C2.Cn1cc(C(F)(F)F)nc1-c1ccc(CN2C(=O)Cc3cnc(-c4cccnc4N4CC(C(F)(F)F)C4)nc32)cc1. The molecular weight excluding hydrogens is 1890 g/mol. The minimum Gasteiger partial charge on any atom is -0.355 e. The Balaban J connectivity index is 0.000000124. The van der Waals surface area contributed by atoms with E-state index in [1.807, 2.05) is 204 Å². The highest BCUT2D eigenvalue weighted by molar-refractivity contribution is 6.03. The summed E-state index contributed by atoms with van der Waals surface area (Å²) in [6.45, 7) is 18.5. The fourth-order valence-corrected chi connectivity index (χ4v) is 18.3. The molecule has 8 aromatic carbocycles. The van der Waals surface area contributed by atoms with Crippen molar-refractivity contribution in [1.82, 2.24) is 104 Å². The quantitative estimate of drug-likeness (QED) is 0.0549. The molecule has 9 aromatic heterocycles. The van der Waals surface area contributed by atoms with Crippen molar-refractivity contribution in [2.75, 3.05) is 51.7 Å². The monoisotopic (exact) mass is 1990 g/mol. The molecule has 1 saturated heterocycles. The van der Waals surface area contributed by atoms with Crippen LogP contribution in [0.15, 0.2) is 268 Å². The van der Waals surface area contributed by atoms with Crippen LogP contribution in [-0.2, 0) is 96.3 Å². The first-order chi connectivity index (χ1) is 71.0. The Morgan fingerprint density at radius 2 is 0.750 bits per heavy atom. The molecule has 0 atom stereocenters. The van der Waals surface area contributed by atoms with E-state index in [4.69, 9.17) is 20.7 Å². The molecule has 17 aromatic rings. The zero-order chi connectivity index (χ0) is 104. The summed E-state index contributed by atoms with van der Waals surface area (Å²) in [5.41, 5.74) is 25.2. The number of imidazole rings is 1. The first-order valence-corrected chi connectivity index (χ1v) is 48.5. The van der Waals surface area contributed by atoms with E-state index in [2.05, 4.69) is 130 Å². The number of aromatic nitrogens is 20. The molecule has 0 aliphatic carbocycles. The van der Waals surface area contributed by atoms with Gasteiger partial charge in [0, 0.05) is 114 Å². The summed E-state index contributed by atoms with van der Waals surface area (Å²) in [4.78, 5) is 107. The summed E-state index contributed by atoms with van der Waals surface area (Å²) in [5, 5.41) is 25.4. The van der Waals surface area contributed by atoms with E-state index in [0.717, 1.165) is 103 Å². The zero-order valence-corrected chi connectivity index (χ0v) is 83.1. The zero-order valence-electron chi connectivity index (χ0n) is 83.1. The first kappa shape index (κ1) is 99.8. The molecule has 22 rings (SSSR count). The van der Waals surface area contributed by atoms with Gasteiger partial charge in [-0.2, -0.15) is 26.3 Å². The lowest BCUT2D eigenvalue weighted by Crippen LogP contribution is -2.53. The molecule has 0 spiro atoms. The van der Waals surface area contributed by atoms with Crippen molar-refractivity contribution in [2.24, 2.45) is 18.7 Å². The van der Waals surface area contributed by atoms with E-state index in [0.29, 0.717) is 125 Å². The van der Waals surface area contributed by atoms with Crippen molar-refractivity contribution in [1.29, 1.82) is 0 Å². The molecule has 0 radical (unpaired) electrons. The van der Waals surface area contributed by atoms with Gasteiger partial charge in [0.15, 0.2) is 29.0 Å². The molecule has 750 valence electrons. The van der Waals surface area contributed by atoms with Crippen LogP contribution in [0.25, 0.3) is 85.3 Å². The van der Waals surface area contributed by atoms with Crippen LogP contribution in [0, 0.1) is 5.92 Å². The Bertz CT molecular complexity index is 7770. The molecule has 14 heterocycles. The van der Waals surface area contributed by atoms with E-state index < -0.39 is 29.5 Å². The van der Waals surface area contributed by atoms with Crippen LogP contribution < -0.4 is 30.2 Å². The number of halogens is 6. The van der Waals surface area contributed by atoms with Crippen molar-refractivity contribution in [2.45, 2.75) is 149 Å². The molecule has 0 bridgehead atoms. The number of aryl methyl sites for hydroxylation is 1. The lowest BCUT2D eigenvalue weighted by molar-refractivity contribution is -0.180. The summed E-state index contributed by atoms with van der Waals surface area (Å²) in [6.07, 6.45) is 7.21. The first-order valence-electron chi connectivity index (χ1n) is 48.5. The topological polar surface area (TPSA) is 340 Å². The smallest absolute Gasteiger partial charge is 0.355 e. The Morgan fingerprint density at radius 3 is 1.13 bits per heavy atom. The Hall–Kier alpha value is -17.0. The average molecular weight is 2000 g/mol. The van der Waals surface area contributed by atoms with Gasteiger partial charge in [-0.15, -0.1) is 15.3 Å². The maximum absolute atomic E-state index is 13.1. The van der Waals surface area contributed by atoms with Gasteiger partial charge < -0.3 is 20.1 Å². The number of nitrogens with zero attached hydrogens (tertiary/aromatic N) is 26. The highest BCUT2D eigenvalue weighted by Gasteiger charge is 2.48. The summed E-state index contributed by atoms with van der Waals surface area (Å²) in [5.74, 6) is 4.64. The van der Waals surface area contributed by atoms with Crippen LogP contribution in [0.3, 0.4) is 0 Å². The number of rotatable bonds is 24. The lowest BCUT2D eigenvalue weighted by Gasteiger charge is -2.41. The van der Waals surface area contributed by atoms with Crippen molar-refractivity contribution in [3.63, 3.8) is 0 Å². The number of nitrogens with two attached hydrogens (primary N) is 1. The average Bonchev–Trinajstić information content (AvgIpc) is 1.06. The van der Waals surface area contributed by atoms with Gasteiger partial charge in [0.05, 0.1) is 110 Å². The third kappa shape index (κ3) is 21.7. The Kier molecular flexibility index (Phi) is 28.1. The van der Waals surface area contributed by atoms with Gasteiger partial charge in [0.2, 0.25) is 23.6 Å². The van der Waals surface area contributed by atoms with Gasteiger partial charge in [-0.3, -0.25) is 38.8 Å². The number of hydrogen-bond donors (Lipinski definition) is 1. The van der Waals surface area contributed by atoms with Crippen LogP contribution in [0.2, 0.25) is 0 Å². The number of carbonyl (C=O) groups is 4. The van der Waals surface area contributed by atoms with E-state index in [-0.39, 0.29) is 61.3 Å². The van der Waals surface area contributed by atoms with Crippen LogP contribution in [0.5, 0.6) is 0 Å². The third-order valence-electron chi connectivity index (χ3n) is 26.2. The highest BCUT2D eigenvalue weighted by atomic mass is 19.4. The maximum atomic E-state index is 13.1. The minimum absolute atomic E-state index is 0.0266. The number of pyridine rings is 1. The second-order valence-corrected chi connectivity index (χ2v) is 38.9. The number of amides is 4. The molecule has 37 heteroatoms. The molecule has 31 nitrogen and oxygen atoms in total. The number of anilines is 5. The molecule has 5 aliphatic heterocycles. The van der Waals surface area contributed by atoms with Crippen molar-refractivity contribution in [3.05, 3.63) is 346 Å². The molecule has 148 heavy (non-hydrogen) atoms. The van der Waals surface area contributed by atoms with Gasteiger partial charge in [0.1, 0.15) is 46.3 Å². The highest BCUT2D eigenvalue weighted by Crippen LogP contribution is 2.43. The van der Waals surface area contributed by atoms with E-state index in [9.17, 15) is 45.5 Å². The summed E-state index contributed by atoms with van der Waals surface area (Å²) >= 11 is 0. The standard InChI is InChI=1S/C30H26N6O.C27H21F6N7O.2C27H29N7O/c1-20(2)25-10-6-7-11-26(25)29-31-17-23-16-28(37)35(30(23)32-29)18-21-12-14-24(15-13-21)36-19-27(33-34-36)22-8-4-3-5-9-22;1-38-14-20(27(31,32)33)36-23(38)16-6-4-15(5-7-16)11-40-21(41)9-17-10-35-22(37-24(17)40)19-3-2-8-34-25(19)39-12-18(13-39)26(28,29)30;1-18(2)23-7-5-6-8-24(23)26-28-14-20-13-25(35)33(27(20)29-26)15-19-9-11-22(12-10-19)34-17-21(30-31-34)16-32(3)4;1-17(2)21-7-5-6-8-22(21)25-29-14-19-13-24(35)33(26(19)30-25)15-18-9-11-20(12-10-18)34-16-23(31-32-34)27(3,4)28/h3-15,17,19-20H,16,18H2,1-2H3;2-8,10,14,18H,9,11-13H2,1H3;5-12,14,17-18H,13,15-16H2,1-4H3;5-12,14,16-17H,13,15,28H2,1-4H3. The number of benzene rings is 8. The fraction of sp³-hybridized carbons (Fsp3) is 0.261. The second-order valence-electron chi connectivity index (χ2n) is 38.9. The number of fused-ring (bicyclic) bond motifs is 4. The summed E-state index contributed by atoms with van der Waals surface area (Å²) < 4.78 is 84.8. The molecule has 4 amide bonds. The molecule has 0 saturated carbocycles. The van der Waals surface area contributed by atoms with E-state index >= 15 is 0 Å². The molecular formula is C111H105F6N27O4. The van der Waals surface area contributed by atoms with Crippen LogP contribution >= 0.6 is 0 Å². The third-order valence-corrected chi connectivity index (χ3v) is 26.2. The minimum atomic E-state index is -4.56. The normalized spacial score (nSPS) is 13.9. The van der Waals surface area contributed by atoms with E-state index in [1.54, 1.807) is 83.7 Å². The molecule has 1 fully saturated rings. The van der Waals surface area contributed by atoms with Gasteiger partial charge in [-0.25, -0.2) is 63.9 Å². The number of alkyl halides is 6. The van der Waals surface area contributed by atoms with Gasteiger partial charge >= 0.3 is 12.4 Å². The van der Waals surface area contributed by atoms with Crippen molar-refractivity contribution < 1.29 is 45.5 Å². The number of hydrogen-bond acceptors (Lipinski definition) is 23. The van der Waals surface area contributed by atoms with Gasteiger partial charge in [0.25, 0.3) is 0 Å². The lowest BCUT2D eigenvalue weighted by atomic mass is 9.97. The largest absolute Gasteiger partial charge is 0.434 e. The second kappa shape index (κ2) is 41.6. The van der Waals surface area contributed by atoms with E-state index in [1.165, 1.54) is 50.5 Å². The molecule has 5 aliphatic rings. The van der Waals surface area contributed by atoms with Gasteiger partial charge in [-0.05, 0) is 133 Å². The van der Waals surface area contributed by atoms with Crippen LogP contribution in [0.1, 0.15) is 151 Å². The Labute approximate surface area is 849 Å². The summed E-state index contributed by atoms with van der Waals surface area (Å²) in [6, 6.07) is 68.4. The predicted octanol–water partition coefficient (Wildman–Crippen LogP) is 18.8. The van der Waals surface area contributed by atoms with Crippen molar-refractivity contribution >= 4 is 52.7 Å². The predicted molar refractivity (Wildman–Crippen MR) is 549 cm³/mol. The summed E-state index contributed by atoms with van der Waals surface area (Å²) in [7, 11) is 5.48. The van der Waals surface area contributed by atoms with Crippen LogP contribution in [0.4, 0.5) is 55.4 Å². The van der Waals surface area contributed by atoms with Gasteiger partial charge in [-0.1, -0.05) is 221 Å². The molecule has 0 unspecified atom stereocenters. The molecule has 2 N–H and O–H groups in total. The Morgan fingerprint density at radius 1 is 0.385 bits per heavy atom. The van der Waals surface area contributed by atoms with Crippen molar-refractivity contribution in [3.8, 4) is 85.3 Å². The maximum Gasteiger partial charge on any atom is 0.434 e. The fourth-order valence-electron chi connectivity index (χ4n) is 18.3. The number of carbonyl (C=O) groups excluding carboxylic acids is 4. The van der Waals surface area contributed by atoms with Crippen LogP contribution in [-0.4, -0.2) is 161 Å².